The highest BCUT2D eigenvalue weighted by Gasteiger charge is 2.34. The van der Waals surface area contributed by atoms with Gasteiger partial charge >= 0.3 is 5.97 Å². The molecule has 1 fully saturated rings. The van der Waals surface area contributed by atoms with Gasteiger partial charge < -0.3 is 9.47 Å². The molecule has 2 amide bonds. The molecule has 0 bridgehead atoms. The van der Waals surface area contributed by atoms with Crippen molar-refractivity contribution in [2.24, 2.45) is 0 Å². The second-order valence-electron chi connectivity index (χ2n) is 7.93. The number of nitro groups is 1. The van der Waals surface area contributed by atoms with Crippen LogP contribution in [0.3, 0.4) is 0 Å². The summed E-state index contributed by atoms with van der Waals surface area (Å²) in [5, 5.41) is 11.8. The first-order valence-electron chi connectivity index (χ1n) is 11.0. The molecule has 1 N–H and O–H groups in total. The molecule has 0 aromatic heterocycles. The molecule has 192 valence electrons. The fourth-order valence-electron chi connectivity index (χ4n) is 3.32. The van der Waals surface area contributed by atoms with Crippen LogP contribution in [-0.4, -0.2) is 39.1 Å². The highest BCUT2D eigenvalue weighted by molar-refractivity contribution is 8.26. The number of nitro benzene ring substituents is 1. The van der Waals surface area contributed by atoms with Crippen molar-refractivity contribution in [3.8, 4) is 11.5 Å². The zero-order valence-corrected chi connectivity index (χ0v) is 21.6. The molecule has 3 aromatic rings. The quantitative estimate of drug-likeness (QED) is 0.112. The lowest BCUT2D eigenvalue weighted by Crippen LogP contribution is -2.44. The number of hydrogen-bond acceptors (Lipinski definition) is 9. The Morgan fingerprint density at radius 3 is 2.32 bits per heavy atom. The van der Waals surface area contributed by atoms with Gasteiger partial charge in [0.25, 0.3) is 17.5 Å². The van der Waals surface area contributed by atoms with Gasteiger partial charge in [-0.05, 0) is 67.2 Å². The maximum Gasteiger partial charge on any atom is 0.343 e. The van der Waals surface area contributed by atoms with Crippen LogP contribution in [0.1, 0.15) is 31.8 Å². The molecule has 0 radical (unpaired) electrons. The maximum atomic E-state index is 12.9. The van der Waals surface area contributed by atoms with Gasteiger partial charge in [0.1, 0.15) is 0 Å². The number of carbonyl (C=O) groups is 3. The van der Waals surface area contributed by atoms with E-state index in [0.29, 0.717) is 11.1 Å². The number of methoxy groups -OCH3 is 1. The predicted octanol–water partition coefficient (Wildman–Crippen LogP) is 4.68. The number of benzene rings is 3. The number of nitrogens with zero attached hydrogens (tertiary/aromatic N) is 2. The number of thioether (sulfide) groups is 1. The van der Waals surface area contributed by atoms with Crippen molar-refractivity contribution < 1.29 is 28.8 Å². The van der Waals surface area contributed by atoms with Crippen LogP contribution < -0.4 is 14.9 Å². The average Bonchev–Trinajstić information content (AvgIpc) is 3.16. The minimum absolute atomic E-state index is 0.117. The molecule has 1 aliphatic heterocycles. The molecule has 12 heteroatoms. The van der Waals surface area contributed by atoms with Gasteiger partial charge in [0.15, 0.2) is 15.8 Å². The number of hydrogen-bond donors (Lipinski definition) is 1. The summed E-state index contributed by atoms with van der Waals surface area (Å²) in [5.41, 5.74) is 4.45. The number of nitrogens with one attached hydrogen (secondary N) is 1. The van der Waals surface area contributed by atoms with Gasteiger partial charge in [-0.25, -0.2) is 4.79 Å². The summed E-state index contributed by atoms with van der Waals surface area (Å²) in [6, 6.07) is 16.6. The van der Waals surface area contributed by atoms with E-state index in [1.54, 1.807) is 42.5 Å². The molecule has 0 atom stereocenters. The Hall–Kier alpha value is -4.55. The molecule has 0 unspecified atom stereocenters. The van der Waals surface area contributed by atoms with Gasteiger partial charge in [-0.15, -0.1) is 0 Å². The van der Waals surface area contributed by atoms with Crippen LogP contribution in [0.25, 0.3) is 6.08 Å². The molecular formula is C26H19N3O7S2. The van der Waals surface area contributed by atoms with Crippen LogP contribution in [0.2, 0.25) is 0 Å². The van der Waals surface area contributed by atoms with E-state index >= 15 is 0 Å². The number of hydrazine groups is 1. The normalized spacial score (nSPS) is 13.9. The number of amides is 2. The fourth-order valence-corrected chi connectivity index (χ4v) is 4.50. The largest absolute Gasteiger partial charge is 0.493 e. The number of esters is 1. The first-order valence-corrected chi connectivity index (χ1v) is 12.2. The second kappa shape index (κ2) is 11.2. The fraction of sp³-hybridized carbons (Fsp3) is 0.0769. The summed E-state index contributed by atoms with van der Waals surface area (Å²) in [5.74, 6) is -1.35. The van der Waals surface area contributed by atoms with Crippen molar-refractivity contribution in [3.63, 3.8) is 0 Å². The SMILES string of the molecule is COc1cc(C=C2SC(=S)N(NC(=O)c3ccc(C)cc3)C2=O)ccc1OC(=O)c1ccc([N+](=O)[O-])cc1. The summed E-state index contributed by atoms with van der Waals surface area (Å²) >= 11 is 6.30. The van der Waals surface area contributed by atoms with E-state index in [1.165, 1.54) is 37.4 Å². The third-order valence-corrected chi connectivity index (χ3v) is 6.62. The first-order chi connectivity index (χ1) is 18.2. The Morgan fingerprint density at radius 1 is 1.03 bits per heavy atom. The van der Waals surface area contributed by atoms with Gasteiger partial charge in [-0.3, -0.25) is 25.1 Å². The first kappa shape index (κ1) is 26.5. The molecule has 0 aliphatic carbocycles. The van der Waals surface area contributed by atoms with Crippen molar-refractivity contribution in [2.75, 3.05) is 7.11 Å². The Balaban J connectivity index is 1.48. The molecule has 0 spiro atoms. The summed E-state index contributed by atoms with van der Waals surface area (Å²) in [6.07, 6.45) is 1.57. The summed E-state index contributed by atoms with van der Waals surface area (Å²) in [7, 11) is 1.39. The number of aryl methyl sites for hydroxylation is 1. The van der Waals surface area contributed by atoms with E-state index in [-0.39, 0.29) is 32.0 Å². The maximum absolute atomic E-state index is 12.9. The van der Waals surface area contributed by atoms with Crippen LogP contribution in [0, 0.1) is 17.0 Å². The Labute approximate surface area is 226 Å². The topological polar surface area (TPSA) is 128 Å². The molecule has 1 aliphatic rings. The molecule has 3 aromatic carbocycles. The van der Waals surface area contributed by atoms with Crippen molar-refractivity contribution in [1.82, 2.24) is 10.4 Å². The number of rotatable bonds is 7. The van der Waals surface area contributed by atoms with E-state index in [9.17, 15) is 24.5 Å². The predicted molar refractivity (Wildman–Crippen MR) is 145 cm³/mol. The monoisotopic (exact) mass is 549 g/mol. The van der Waals surface area contributed by atoms with Gasteiger partial charge in [0.05, 0.1) is 22.5 Å². The molecule has 10 nitrogen and oxygen atoms in total. The minimum atomic E-state index is -0.726. The average molecular weight is 550 g/mol. The number of non-ortho nitro benzene ring substituents is 1. The van der Waals surface area contributed by atoms with E-state index in [4.69, 9.17) is 21.7 Å². The van der Waals surface area contributed by atoms with E-state index < -0.39 is 22.7 Å². The van der Waals surface area contributed by atoms with Crippen molar-refractivity contribution >= 4 is 57.8 Å². The third kappa shape index (κ3) is 5.88. The van der Waals surface area contributed by atoms with Gasteiger partial charge in [0.2, 0.25) is 0 Å². The van der Waals surface area contributed by atoms with Crippen molar-refractivity contribution in [3.05, 3.63) is 104 Å². The van der Waals surface area contributed by atoms with Crippen LogP contribution in [0.4, 0.5) is 5.69 Å². The standard InChI is InChI=1S/C26H19N3O7S2/c1-15-3-6-17(7-4-15)23(30)27-28-24(31)22(38-26(28)37)14-16-5-12-20(21(13-16)35-2)36-25(32)18-8-10-19(11-9-18)29(33)34/h3-14H,1-2H3,(H,27,30). The van der Waals surface area contributed by atoms with Crippen LogP contribution in [-0.2, 0) is 4.79 Å². The lowest BCUT2D eigenvalue weighted by Gasteiger charge is -2.15. The second-order valence-corrected chi connectivity index (χ2v) is 9.60. The Bertz CT molecular complexity index is 1490. The van der Waals surface area contributed by atoms with Crippen molar-refractivity contribution in [1.29, 1.82) is 0 Å². The Kier molecular flexibility index (Phi) is 7.84. The molecule has 4 rings (SSSR count). The van der Waals surface area contributed by atoms with E-state index in [2.05, 4.69) is 5.43 Å². The number of carbonyl (C=O) groups excluding carboxylic acids is 3. The number of ether oxygens (including phenoxy) is 2. The summed E-state index contributed by atoms with van der Waals surface area (Å²) in [4.78, 5) is 48.5. The zero-order valence-electron chi connectivity index (χ0n) is 20.0. The van der Waals surface area contributed by atoms with Crippen molar-refractivity contribution in [2.45, 2.75) is 6.92 Å². The number of thiocarbonyl (C=S) groups is 1. The molecular weight excluding hydrogens is 530 g/mol. The minimum Gasteiger partial charge on any atom is -0.493 e. The van der Waals surface area contributed by atoms with Gasteiger partial charge in [-0.2, -0.15) is 5.01 Å². The van der Waals surface area contributed by atoms with E-state index in [1.807, 2.05) is 6.92 Å². The highest BCUT2D eigenvalue weighted by atomic mass is 32.2. The van der Waals surface area contributed by atoms with Gasteiger partial charge in [-0.1, -0.05) is 35.5 Å². The smallest absolute Gasteiger partial charge is 0.343 e. The highest BCUT2D eigenvalue weighted by Crippen LogP contribution is 2.34. The Morgan fingerprint density at radius 2 is 1.68 bits per heavy atom. The lowest BCUT2D eigenvalue weighted by atomic mass is 10.1. The summed E-state index contributed by atoms with van der Waals surface area (Å²) < 4.78 is 10.9. The summed E-state index contributed by atoms with van der Waals surface area (Å²) in [6.45, 7) is 1.90. The van der Waals surface area contributed by atoms with Crippen LogP contribution >= 0.6 is 24.0 Å². The van der Waals surface area contributed by atoms with Crippen LogP contribution in [0.5, 0.6) is 11.5 Å². The zero-order chi connectivity index (χ0) is 27.4. The lowest BCUT2D eigenvalue weighted by molar-refractivity contribution is -0.384. The molecule has 0 saturated carbocycles. The van der Waals surface area contributed by atoms with E-state index in [0.717, 1.165) is 22.3 Å². The molecule has 38 heavy (non-hydrogen) atoms. The molecule has 1 saturated heterocycles. The van der Waals surface area contributed by atoms with Crippen LogP contribution in [0.15, 0.2) is 71.6 Å². The van der Waals surface area contributed by atoms with Gasteiger partial charge in [0, 0.05) is 17.7 Å². The molecule has 1 heterocycles. The third-order valence-electron chi connectivity index (χ3n) is 5.32.